The Morgan fingerprint density at radius 3 is 2.38 bits per heavy atom. The van der Waals surface area contributed by atoms with Gasteiger partial charge >= 0.3 is 0 Å². The van der Waals surface area contributed by atoms with Gasteiger partial charge in [-0.2, -0.15) is 0 Å². The van der Waals surface area contributed by atoms with Crippen LogP contribution in [0.1, 0.15) is 12.5 Å². The summed E-state index contributed by atoms with van der Waals surface area (Å²) in [6.45, 7) is 1.52. The van der Waals surface area contributed by atoms with Gasteiger partial charge < -0.3 is 0 Å². The molecule has 68 valence electrons. The van der Waals surface area contributed by atoms with Crippen molar-refractivity contribution in [3.8, 4) is 11.2 Å². The van der Waals surface area contributed by atoms with E-state index in [1.807, 2.05) is 18.2 Å². The third-order valence-electron chi connectivity index (χ3n) is 1.46. The summed E-state index contributed by atoms with van der Waals surface area (Å²) >= 11 is 0. The molecule has 3 heteroatoms. The SMILES string of the molecule is CC#CS(=O)(=O)Cc1ccccc1. The summed E-state index contributed by atoms with van der Waals surface area (Å²) in [4.78, 5) is 0. The zero-order chi connectivity index (χ0) is 9.73. The van der Waals surface area contributed by atoms with Gasteiger partial charge in [-0.15, -0.1) is 0 Å². The van der Waals surface area contributed by atoms with Gasteiger partial charge in [0.1, 0.15) is 0 Å². The first kappa shape index (κ1) is 9.82. The number of sulfone groups is 1. The maximum atomic E-state index is 11.2. The van der Waals surface area contributed by atoms with Gasteiger partial charge in [0.05, 0.1) is 5.75 Å². The quantitative estimate of drug-likeness (QED) is 0.529. The lowest BCUT2D eigenvalue weighted by Crippen LogP contribution is -1.99. The van der Waals surface area contributed by atoms with Crippen molar-refractivity contribution in [2.24, 2.45) is 0 Å². The molecule has 0 aliphatic carbocycles. The molecule has 0 unspecified atom stereocenters. The standard InChI is InChI=1S/C10H10O2S/c1-2-8-13(11,12)9-10-6-4-3-5-7-10/h3-7H,9H2,1H3. The zero-order valence-corrected chi connectivity index (χ0v) is 8.14. The van der Waals surface area contributed by atoms with Gasteiger partial charge in [-0.1, -0.05) is 36.3 Å². The highest BCUT2D eigenvalue weighted by Gasteiger charge is 2.06. The van der Waals surface area contributed by atoms with E-state index in [1.165, 1.54) is 6.92 Å². The average Bonchev–Trinajstić information content (AvgIpc) is 2.04. The first-order valence-electron chi connectivity index (χ1n) is 3.84. The average molecular weight is 194 g/mol. The Balaban J connectivity index is 2.86. The largest absolute Gasteiger partial charge is 0.220 e. The molecule has 13 heavy (non-hydrogen) atoms. The maximum absolute atomic E-state index is 11.2. The van der Waals surface area contributed by atoms with Crippen LogP contribution in [0, 0.1) is 11.2 Å². The van der Waals surface area contributed by atoms with Crippen molar-refractivity contribution in [3.05, 3.63) is 35.9 Å². The van der Waals surface area contributed by atoms with Crippen molar-refractivity contribution < 1.29 is 8.42 Å². The van der Waals surface area contributed by atoms with Crippen molar-refractivity contribution in [2.45, 2.75) is 12.7 Å². The van der Waals surface area contributed by atoms with Crippen LogP contribution in [-0.4, -0.2) is 8.42 Å². The van der Waals surface area contributed by atoms with Crippen LogP contribution < -0.4 is 0 Å². The molecule has 1 rings (SSSR count). The van der Waals surface area contributed by atoms with E-state index in [9.17, 15) is 8.42 Å². The van der Waals surface area contributed by atoms with Crippen molar-refractivity contribution >= 4 is 9.84 Å². The Kier molecular flexibility index (Phi) is 3.10. The van der Waals surface area contributed by atoms with E-state index < -0.39 is 9.84 Å². The fraction of sp³-hybridized carbons (Fsp3) is 0.200. The molecular weight excluding hydrogens is 184 g/mol. The van der Waals surface area contributed by atoms with Crippen LogP contribution in [0.15, 0.2) is 30.3 Å². The van der Waals surface area contributed by atoms with Crippen molar-refractivity contribution in [1.29, 1.82) is 0 Å². The van der Waals surface area contributed by atoms with Crippen LogP contribution >= 0.6 is 0 Å². The summed E-state index contributed by atoms with van der Waals surface area (Å²) in [6, 6.07) is 9.01. The molecule has 1 aromatic carbocycles. The number of rotatable bonds is 2. The second-order valence-corrected chi connectivity index (χ2v) is 4.32. The smallest absolute Gasteiger partial charge is 0.215 e. The van der Waals surface area contributed by atoms with Crippen molar-refractivity contribution in [3.63, 3.8) is 0 Å². The molecule has 0 amide bonds. The third kappa shape index (κ3) is 3.30. The van der Waals surface area contributed by atoms with Crippen molar-refractivity contribution in [1.82, 2.24) is 0 Å². The molecule has 0 saturated heterocycles. The van der Waals surface area contributed by atoms with Crippen LogP contribution in [0.4, 0.5) is 0 Å². The van der Waals surface area contributed by atoms with Crippen LogP contribution in [0.25, 0.3) is 0 Å². The molecule has 2 nitrogen and oxygen atoms in total. The Hall–Kier alpha value is -1.27. The maximum Gasteiger partial charge on any atom is 0.220 e. The van der Waals surface area contributed by atoms with Gasteiger partial charge in [-0.05, 0) is 12.5 Å². The molecule has 0 N–H and O–H groups in total. The van der Waals surface area contributed by atoms with E-state index in [1.54, 1.807) is 12.1 Å². The lowest BCUT2D eigenvalue weighted by molar-refractivity contribution is 0.605. The Labute approximate surface area is 78.5 Å². The molecule has 1 aromatic rings. The molecule has 0 spiro atoms. The van der Waals surface area contributed by atoms with Gasteiger partial charge in [0.2, 0.25) is 9.84 Å². The minimum Gasteiger partial charge on any atom is -0.215 e. The molecule has 0 bridgehead atoms. The van der Waals surface area contributed by atoms with Crippen LogP contribution in [0.2, 0.25) is 0 Å². The Morgan fingerprint density at radius 2 is 1.85 bits per heavy atom. The minimum atomic E-state index is -3.25. The highest BCUT2D eigenvalue weighted by molar-refractivity contribution is 7.95. The monoisotopic (exact) mass is 194 g/mol. The van der Waals surface area contributed by atoms with Gasteiger partial charge in [-0.3, -0.25) is 0 Å². The van der Waals surface area contributed by atoms with E-state index in [4.69, 9.17) is 0 Å². The summed E-state index contributed by atoms with van der Waals surface area (Å²) in [5.74, 6) is 2.38. The highest BCUT2D eigenvalue weighted by atomic mass is 32.2. The lowest BCUT2D eigenvalue weighted by Gasteiger charge is -1.96. The molecule has 0 saturated carbocycles. The third-order valence-corrected chi connectivity index (χ3v) is 2.69. The second kappa shape index (κ2) is 4.11. The molecule has 0 radical (unpaired) electrons. The molecule has 0 aliphatic heterocycles. The normalized spacial score (nSPS) is 10.2. The zero-order valence-electron chi connectivity index (χ0n) is 7.32. The van der Waals surface area contributed by atoms with Crippen LogP contribution in [-0.2, 0) is 15.6 Å². The predicted molar refractivity (Wildman–Crippen MR) is 52.5 cm³/mol. The fourth-order valence-corrected chi connectivity index (χ4v) is 2.00. The number of hydrogen-bond donors (Lipinski definition) is 0. The Bertz CT molecular complexity index is 421. The van der Waals surface area contributed by atoms with E-state index >= 15 is 0 Å². The van der Waals surface area contributed by atoms with Gasteiger partial charge in [0, 0.05) is 5.25 Å². The number of benzene rings is 1. The van der Waals surface area contributed by atoms with E-state index in [2.05, 4.69) is 11.2 Å². The molecule has 0 aliphatic rings. The predicted octanol–water partition coefficient (Wildman–Crippen LogP) is 1.58. The Morgan fingerprint density at radius 1 is 1.23 bits per heavy atom. The first-order valence-corrected chi connectivity index (χ1v) is 5.49. The highest BCUT2D eigenvalue weighted by Crippen LogP contribution is 2.04. The summed E-state index contributed by atoms with van der Waals surface area (Å²) in [6.07, 6.45) is 0. The van der Waals surface area contributed by atoms with E-state index in [0.717, 1.165) is 5.56 Å². The molecule has 0 atom stereocenters. The van der Waals surface area contributed by atoms with Gasteiger partial charge in [0.25, 0.3) is 0 Å². The summed E-state index contributed by atoms with van der Waals surface area (Å²) in [5, 5.41) is 2.19. The molecule has 0 aromatic heterocycles. The number of hydrogen-bond acceptors (Lipinski definition) is 2. The first-order chi connectivity index (χ1) is 6.14. The second-order valence-electron chi connectivity index (χ2n) is 2.60. The lowest BCUT2D eigenvalue weighted by atomic mass is 10.2. The van der Waals surface area contributed by atoms with Gasteiger partial charge in [0.15, 0.2) is 0 Å². The topological polar surface area (TPSA) is 34.1 Å². The van der Waals surface area contributed by atoms with E-state index in [-0.39, 0.29) is 5.75 Å². The molecular formula is C10H10O2S. The summed E-state index contributed by atoms with van der Waals surface area (Å²) in [7, 11) is -3.25. The van der Waals surface area contributed by atoms with E-state index in [0.29, 0.717) is 0 Å². The van der Waals surface area contributed by atoms with Gasteiger partial charge in [-0.25, -0.2) is 8.42 Å². The fourth-order valence-electron chi connectivity index (χ4n) is 0.985. The van der Waals surface area contributed by atoms with Crippen LogP contribution in [0.5, 0.6) is 0 Å². The minimum absolute atomic E-state index is 0.00528. The summed E-state index contributed by atoms with van der Waals surface area (Å²) < 4.78 is 22.5. The summed E-state index contributed by atoms with van der Waals surface area (Å²) in [5.41, 5.74) is 0.769. The van der Waals surface area contributed by atoms with Crippen LogP contribution in [0.3, 0.4) is 0 Å². The van der Waals surface area contributed by atoms with Crippen molar-refractivity contribution in [2.75, 3.05) is 0 Å². The molecule has 0 fully saturated rings. The molecule has 0 heterocycles.